The van der Waals surface area contributed by atoms with Crippen LogP contribution in [0.2, 0.25) is 5.02 Å². The monoisotopic (exact) mass is 344 g/mol. The second-order valence-electron chi connectivity index (χ2n) is 6.12. The van der Waals surface area contributed by atoms with Crippen LogP contribution in [0.4, 0.5) is 5.82 Å². The molecule has 2 aromatic rings. The van der Waals surface area contributed by atoms with Crippen LogP contribution in [0.3, 0.4) is 0 Å². The first kappa shape index (κ1) is 16.7. The zero-order valence-corrected chi connectivity index (χ0v) is 14.4. The topological polar surface area (TPSA) is 66.9 Å². The van der Waals surface area contributed by atoms with E-state index in [1.54, 1.807) is 13.0 Å². The second kappa shape index (κ2) is 7.62. The number of nitrogens with one attached hydrogen (secondary N) is 2. The molecule has 0 aliphatic heterocycles. The van der Waals surface area contributed by atoms with Crippen molar-refractivity contribution in [3.05, 3.63) is 52.4 Å². The van der Waals surface area contributed by atoms with E-state index >= 15 is 0 Å². The number of carbonyl (C=O) groups is 1. The van der Waals surface area contributed by atoms with Crippen LogP contribution in [-0.4, -0.2) is 21.9 Å². The van der Waals surface area contributed by atoms with Crippen LogP contribution in [0, 0.1) is 6.92 Å². The van der Waals surface area contributed by atoms with Crippen molar-refractivity contribution in [3.8, 4) is 0 Å². The van der Waals surface area contributed by atoms with Gasteiger partial charge in [0.25, 0.3) is 5.91 Å². The van der Waals surface area contributed by atoms with Gasteiger partial charge in [-0.25, -0.2) is 9.97 Å². The van der Waals surface area contributed by atoms with Gasteiger partial charge >= 0.3 is 0 Å². The summed E-state index contributed by atoms with van der Waals surface area (Å²) in [5.74, 6) is 1.12. The summed E-state index contributed by atoms with van der Waals surface area (Å²) >= 11 is 5.86. The average molecular weight is 345 g/mol. The highest BCUT2D eigenvalue weighted by molar-refractivity contribution is 6.30. The number of aryl methyl sites for hydroxylation is 1. The fourth-order valence-electron chi connectivity index (χ4n) is 2.91. The van der Waals surface area contributed by atoms with E-state index in [0.717, 1.165) is 24.2 Å². The smallest absolute Gasteiger partial charge is 0.270 e. The largest absolute Gasteiger partial charge is 0.367 e. The van der Waals surface area contributed by atoms with E-state index in [1.165, 1.54) is 12.8 Å². The summed E-state index contributed by atoms with van der Waals surface area (Å²) in [6.45, 7) is 2.24. The van der Waals surface area contributed by atoms with Crippen LogP contribution in [-0.2, 0) is 6.54 Å². The van der Waals surface area contributed by atoms with Crippen molar-refractivity contribution in [3.63, 3.8) is 0 Å². The lowest BCUT2D eigenvalue weighted by molar-refractivity contribution is 0.0945. The molecule has 1 aliphatic carbocycles. The molecule has 3 rings (SSSR count). The van der Waals surface area contributed by atoms with Crippen molar-refractivity contribution in [1.82, 2.24) is 15.3 Å². The maximum absolute atomic E-state index is 12.4. The first-order valence-corrected chi connectivity index (χ1v) is 8.63. The molecule has 24 heavy (non-hydrogen) atoms. The molecule has 0 spiro atoms. The summed E-state index contributed by atoms with van der Waals surface area (Å²) < 4.78 is 0. The van der Waals surface area contributed by atoms with E-state index in [9.17, 15) is 4.79 Å². The van der Waals surface area contributed by atoms with E-state index in [4.69, 9.17) is 11.6 Å². The number of aromatic nitrogens is 2. The van der Waals surface area contributed by atoms with E-state index < -0.39 is 0 Å². The van der Waals surface area contributed by atoms with Gasteiger partial charge in [-0.3, -0.25) is 4.79 Å². The first-order chi connectivity index (χ1) is 11.6. The summed E-state index contributed by atoms with van der Waals surface area (Å²) in [7, 11) is 0. The fraction of sp³-hybridized carbons (Fsp3) is 0.389. The molecule has 1 heterocycles. The Labute approximate surface area is 146 Å². The predicted molar refractivity (Wildman–Crippen MR) is 95.3 cm³/mol. The summed E-state index contributed by atoms with van der Waals surface area (Å²) in [5.41, 5.74) is 1.37. The summed E-state index contributed by atoms with van der Waals surface area (Å²) in [5, 5.41) is 6.97. The molecule has 0 bridgehead atoms. The minimum Gasteiger partial charge on any atom is -0.367 e. The van der Waals surface area contributed by atoms with Gasteiger partial charge in [0, 0.05) is 23.7 Å². The number of amides is 1. The normalized spacial score (nSPS) is 14.6. The highest BCUT2D eigenvalue weighted by atomic mass is 35.5. The van der Waals surface area contributed by atoms with Gasteiger partial charge in [-0.1, -0.05) is 36.6 Å². The van der Waals surface area contributed by atoms with Crippen LogP contribution >= 0.6 is 11.6 Å². The fourth-order valence-corrected chi connectivity index (χ4v) is 3.04. The van der Waals surface area contributed by atoms with Crippen LogP contribution < -0.4 is 10.6 Å². The van der Waals surface area contributed by atoms with Gasteiger partial charge < -0.3 is 10.6 Å². The number of hydrogen-bond donors (Lipinski definition) is 2. The van der Waals surface area contributed by atoms with Crippen molar-refractivity contribution in [1.29, 1.82) is 0 Å². The van der Waals surface area contributed by atoms with Crippen LogP contribution in [0.15, 0.2) is 30.3 Å². The minimum absolute atomic E-state index is 0.204. The Bertz CT molecular complexity index is 711. The van der Waals surface area contributed by atoms with Crippen LogP contribution in [0.25, 0.3) is 0 Å². The van der Waals surface area contributed by atoms with Gasteiger partial charge in [-0.2, -0.15) is 0 Å². The third-order valence-electron chi connectivity index (χ3n) is 4.14. The molecular formula is C18H21ClN4O. The summed E-state index contributed by atoms with van der Waals surface area (Å²) in [6.07, 6.45) is 4.80. The Hall–Kier alpha value is -2.14. The standard InChI is InChI=1S/C18H21ClN4O/c1-12-21-16(10-17(22-12)23-15-4-2-3-5-15)18(24)20-11-13-6-8-14(19)9-7-13/h6-10,15H,2-5,11H2,1H3,(H,20,24)(H,21,22,23). The maximum atomic E-state index is 12.4. The molecule has 0 unspecified atom stereocenters. The van der Waals surface area contributed by atoms with Gasteiger partial charge in [0.1, 0.15) is 17.3 Å². The maximum Gasteiger partial charge on any atom is 0.270 e. The number of halogens is 1. The molecular weight excluding hydrogens is 324 g/mol. The van der Waals surface area contributed by atoms with E-state index in [0.29, 0.717) is 29.1 Å². The molecule has 5 nitrogen and oxygen atoms in total. The lowest BCUT2D eigenvalue weighted by atomic mass is 10.2. The third-order valence-corrected chi connectivity index (χ3v) is 4.40. The lowest BCUT2D eigenvalue weighted by Gasteiger charge is -2.14. The van der Waals surface area contributed by atoms with Crippen molar-refractivity contribution in [2.45, 2.75) is 45.2 Å². The number of anilines is 1. The Balaban J connectivity index is 1.65. The highest BCUT2D eigenvalue weighted by Crippen LogP contribution is 2.21. The molecule has 126 valence electrons. The summed E-state index contributed by atoms with van der Waals surface area (Å²) in [6, 6.07) is 9.57. The predicted octanol–water partition coefficient (Wildman–Crippen LogP) is 3.72. The van der Waals surface area contributed by atoms with E-state index in [-0.39, 0.29) is 5.91 Å². The Morgan fingerprint density at radius 1 is 1.21 bits per heavy atom. The Kier molecular flexibility index (Phi) is 5.30. The number of nitrogens with zero attached hydrogens (tertiary/aromatic N) is 2. The minimum atomic E-state index is -0.204. The van der Waals surface area contributed by atoms with E-state index in [1.807, 2.05) is 24.3 Å². The SMILES string of the molecule is Cc1nc(NC2CCCC2)cc(C(=O)NCc2ccc(Cl)cc2)n1. The summed E-state index contributed by atoms with van der Waals surface area (Å²) in [4.78, 5) is 21.0. The van der Waals surface area contributed by atoms with Gasteiger partial charge in [-0.05, 0) is 37.5 Å². The molecule has 1 aromatic carbocycles. The third kappa shape index (κ3) is 4.45. The first-order valence-electron chi connectivity index (χ1n) is 8.25. The second-order valence-corrected chi connectivity index (χ2v) is 6.56. The molecule has 1 fully saturated rings. The zero-order chi connectivity index (χ0) is 16.9. The molecule has 6 heteroatoms. The van der Waals surface area contributed by atoms with Crippen molar-refractivity contribution >= 4 is 23.3 Å². The number of carbonyl (C=O) groups excluding carboxylic acids is 1. The van der Waals surface area contributed by atoms with E-state index in [2.05, 4.69) is 20.6 Å². The van der Waals surface area contributed by atoms with Gasteiger partial charge in [0.15, 0.2) is 0 Å². The Morgan fingerprint density at radius 3 is 2.62 bits per heavy atom. The average Bonchev–Trinajstić information content (AvgIpc) is 3.06. The Morgan fingerprint density at radius 2 is 1.92 bits per heavy atom. The number of hydrogen-bond acceptors (Lipinski definition) is 4. The number of benzene rings is 1. The zero-order valence-electron chi connectivity index (χ0n) is 13.7. The molecule has 0 radical (unpaired) electrons. The quantitative estimate of drug-likeness (QED) is 0.867. The van der Waals surface area contributed by atoms with Gasteiger partial charge in [-0.15, -0.1) is 0 Å². The molecule has 0 saturated heterocycles. The number of rotatable bonds is 5. The molecule has 1 amide bonds. The van der Waals surface area contributed by atoms with Gasteiger partial charge in [0.2, 0.25) is 0 Å². The molecule has 1 saturated carbocycles. The van der Waals surface area contributed by atoms with Crippen LogP contribution in [0.5, 0.6) is 0 Å². The lowest BCUT2D eigenvalue weighted by Crippen LogP contribution is -2.25. The van der Waals surface area contributed by atoms with Gasteiger partial charge in [0.05, 0.1) is 0 Å². The van der Waals surface area contributed by atoms with Crippen molar-refractivity contribution in [2.75, 3.05) is 5.32 Å². The van der Waals surface area contributed by atoms with Crippen molar-refractivity contribution in [2.24, 2.45) is 0 Å². The molecule has 1 aromatic heterocycles. The molecule has 0 atom stereocenters. The molecule has 2 N–H and O–H groups in total. The highest BCUT2D eigenvalue weighted by Gasteiger charge is 2.17. The molecule has 1 aliphatic rings. The van der Waals surface area contributed by atoms with Crippen LogP contribution in [0.1, 0.15) is 47.6 Å². The van der Waals surface area contributed by atoms with Crippen molar-refractivity contribution < 1.29 is 4.79 Å².